The third-order valence-corrected chi connectivity index (χ3v) is 2.41. The van der Waals surface area contributed by atoms with Crippen LogP contribution in [0.3, 0.4) is 0 Å². The molecular formula is C12H25NO2. The van der Waals surface area contributed by atoms with Crippen molar-refractivity contribution in [2.45, 2.75) is 46.1 Å². The minimum absolute atomic E-state index is 0.318. The Bertz CT molecular complexity index is 157. The molecule has 1 aliphatic rings. The molecule has 0 radical (unpaired) electrons. The van der Waals surface area contributed by atoms with Crippen molar-refractivity contribution in [3.05, 3.63) is 0 Å². The average Bonchev–Trinajstić information content (AvgIpc) is 2.09. The summed E-state index contributed by atoms with van der Waals surface area (Å²) in [7, 11) is 2.20. The van der Waals surface area contributed by atoms with Crippen LogP contribution in [-0.2, 0) is 9.53 Å². The van der Waals surface area contributed by atoms with E-state index < -0.39 is 0 Å². The molecular weight excluding hydrogens is 190 g/mol. The zero-order valence-corrected chi connectivity index (χ0v) is 10.7. The Balaban J connectivity index is 0.000000265. The summed E-state index contributed by atoms with van der Waals surface area (Å²) < 4.78 is 4.55. The van der Waals surface area contributed by atoms with Crippen LogP contribution in [0.5, 0.6) is 0 Å². The van der Waals surface area contributed by atoms with Gasteiger partial charge in [0, 0.05) is 0 Å². The van der Waals surface area contributed by atoms with E-state index in [9.17, 15) is 4.79 Å². The molecule has 1 fully saturated rings. The smallest absolute Gasteiger partial charge is 0.293 e. The number of likely N-dealkylation sites (tertiary alicyclic amines) is 1. The zero-order valence-electron chi connectivity index (χ0n) is 10.7. The summed E-state index contributed by atoms with van der Waals surface area (Å²) in [5.41, 5.74) is -0.318. The van der Waals surface area contributed by atoms with Crippen molar-refractivity contribution in [1.82, 2.24) is 4.90 Å². The summed E-state index contributed by atoms with van der Waals surface area (Å²) in [5, 5.41) is 0. The van der Waals surface area contributed by atoms with Crippen molar-refractivity contribution in [2.75, 3.05) is 20.1 Å². The molecule has 0 aromatic rings. The standard InChI is InChI=1S/C7H15N.C5H10O2/c1-7-3-5-8(2)6-4-7;1-5(2,3)7-4-6/h7H,3-6H2,1-2H3;4H,1-3H3. The van der Waals surface area contributed by atoms with E-state index in [4.69, 9.17) is 0 Å². The van der Waals surface area contributed by atoms with Crippen LogP contribution in [0, 0.1) is 5.92 Å². The predicted molar refractivity (Wildman–Crippen MR) is 62.8 cm³/mol. The highest BCUT2D eigenvalue weighted by Crippen LogP contribution is 2.13. The maximum absolute atomic E-state index is 9.60. The number of hydrogen-bond acceptors (Lipinski definition) is 3. The molecule has 1 saturated heterocycles. The molecule has 0 amide bonds. The second-order valence-electron chi connectivity index (χ2n) is 5.31. The second kappa shape index (κ2) is 6.83. The third kappa shape index (κ3) is 9.73. The molecule has 0 aliphatic carbocycles. The van der Waals surface area contributed by atoms with Gasteiger partial charge in [-0.3, -0.25) is 4.79 Å². The number of rotatable bonds is 1. The fourth-order valence-electron chi connectivity index (χ4n) is 1.28. The van der Waals surface area contributed by atoms with Gasteiger partial charge in [-0.25, -0.2) is 0 Å². The van der Waals surface area contributed by atoms with Gasteiger partial charge in [-0.05, 0) is 59.7 Å². The summed E-state index contributed by atoms with van der Waals surface area (Å²) in [5.74, 6) is 0.978. The lowest BCUT2D eigenvalue weighted by atomic mass is 10.00. The topological polar surface area (TPSA) is 29.5 Å². The Morgan fingerprint density at radius 2 is 1.73 bits per heavy atom. The zero-order chi connectivity index (χ0) is 11.9. The van der Waals surface area contributed by atoms with Crippen molar-refractivity contribution >= 4 is 6.47 Å². The Hall–Kier alpha value is -0.570. The number of piperidine rings is 1. The fourth-order valence-corrected chi connectivity index (χ4v) is 1.28. The van der Waals surface area contributed by atoms with Crippen LogP contribution >= 0.6 is 0 Å². The summed E-state index contributed by atoms with van der Waals surface area (Å²) in [6, 6.07) is 0. The van der Waals surface area contributed by atoms with Crippen LogP contribution in [-0.4, -0.2) is 37.1 Å². The molecule has 1 rings (SSSR count). The number of carbonyl (C=O) groups excluding carboxylic acids is 1. The van der Waals surface area contributed by atoms with Gasteiger partial charge in [-0.2, -0.15) is 0 Å². The first-order valence-electron chi connectivity index (χ1n) is 5.65. The molecule has 15 heavy (non-hydrogen) atoms. The molecule has 90 valence electrons. The van der Waals surface area contributed by atoms with Crippen LogP contribution in [0.1, 0.15) is 40.5 Å². The van der Waals surface area contributed by atoms with Gasteiger partial charge in [0.1, 0.15) is 5.60 Å². The van der Waals surface area contributed by atoms with Crippen molar-refractivity contribution in [2.24, 2.45) is 5.92 Å². The molecule has 0 aromatic heterocycles. The van der Waals surface area contributed by atoms with Gasteiger partial charge in [0.05, 0.1) is 0 Å². The lowest BCUT2D eigenvalue weighted by Crippen LogP contribution is -2.28. The number of nitrogens with zero attached hydrogens (tertiary/aromatic N) is 1. The molecule has 0 atom stereocenters. The van der Waals surface area contributed by atoms with Gasteiger partial charge in [0.25, 0.3) is 6.47 Å². The van der Waals surface area contributed by atoms with E-state index in [1.165, 1.54) is 25.9 Å². The second-order valence-corrected chi connectivity index (χ2v) is 5.31. The lowest BCUT2D eigenvalue weighted by molar-refractivity contribution is -0.138. The van der Waals surface area contributed by atoms with Crippen LogP contribution in [0.15, 0.2) is 0 Å². The van der Waals surface area contributed by atoms with Crippen molar-refractivity contribution < 1.29 is 9.53 Å². The van der Waals surface area contributed by atoms with Crippen molar-refractivity contribution in [3.63, 3.8) is 0 Å². The number of hydrogen-bond donors (Lipinski definition) is 0. The molecule has 0 bridgehead atoms. The van der Waals surface area contributed by atoms with Crippen LogP contribution in [0.4, 0.5) is 0 Å². The quantitative estimate of drug-likeness (QED) is 0.629. The fraction of sp³-hybridized carbons (Fsp3) is 0.917. The Morgan fingerprint density at radius 1 is 1.27 bits per heavy atom. The summed E-state index contributed by atoms with van der Waals surface area (Å²) in [6.45, 7) is 10.9. The largest absolute Gasteiger partial charge is 0.462 e. The normalized spacial score (nSPS) is 19.0. The number of carbonyl (C=O) groups is 1. The van der Waals surface area contributed by atoms with E-state index in [2.05, 4.69) is 23.6 Å². The van der Waals surface area contributed by atoms with Gasteiger partial charge < -0.3 is 9.64 Å². The Kier molecular flexibility index (Phi) is 6.57. The molecule has 0 unspecified atom stereocenters. The monoisotopic (exact) mass is 215 g/mol. The van der Waals surface area contributed by atoms with E-state index in [1.54, 1.807) is 0 Å². The Morgan fingerprint density at radius 3 is 1.93 bits per heavy atom. The van der Waals surface area contributed by atoms with Gasteiger partial charge in [0.2, 0.25) is 0 Å². The van der Waals surface area contributed by atoms with E-state index in [0.29, 0.717) is 6.47 Å². The molecule has 1 aliphatic heterocycles. The van der Waals surface area contributed by atoms with Gasteiger partial charge in [0.15, 0.2) is 0 Å². The Labute approximate surface area is 93.8 Å². The van der Waals surface area contributed by atoms with Crippen LogP contribution < -0.4 is 0 Å². The summed E-state index contributed by atoms with van der Waals surface area (Å²) in [4.78, 5) is 12.0. The van der Waals surface area contributed by atoms with Crippen molar-refractivity contribution in [3.8, 4) is 0 Å². The summed E-state index contributed by atoms with van der Waals surface area (Å²) >= 11 is 0. The molecule has 0 N–H and O–H groups in total. The maximum Gasteiger partial charge on any atom is 0.293 e. The average molecular weight is 215 g/mol. The van der Waals surface area contributed by atoms with E-state index in [-0.39, 0.29) is 5.60 Å². The van der Waals surface area contributed by atoms with Gasteiger partial charge in [-0.15, -0.1) is 0 Å². The minimum atomic E-state index is -0.318. The molecule has 0 spiro atoms. The minimum Gasteiger partial charge on any atom is -0.462 e. The highest BCUT2D eigenvalue weighted by atomic mass is 16.5. The van der Waals surface area contributed by atoms with Crippen LogP contribution in [0.2, 0.25) is 0 Å². The van der Waals surface area contributed by atoms with E-state index in [0.717, 1.165) is 5.92 Å². The molecule has 3 nitrogen and oxygen atoms in total. The van der Waals surface area contributed by atoms with Crippen molar-refractivity contribution in [1.29, 1.82) is 0 Å². The highest BCUT2D eigenvalue weighted by molar-refractivity contribution is 5.37. The predicted octanol–water partition coefficient (Wildman–Crippen LogP) is 2.31. The lowest BCUT2D eigenvalue weighted by Gasteiger charge is -2.26. The van der Waals surface area contributed by atoms with E-state index in [1.807, 2.05) is 20.8 Å². The molecule has 3 heteroatoms. The van der Waals surface area contributed by atoms with Gasteiger partial charge >= 0.3 is 0 Å². The van der Waals surface area contributed by atoms with Gasteiger partial charge in [-0.1, -0.05) is 6.92 Å². The SMILES string of the molecule is CC(C)(C)OC=O.CC1CCN(C)CC1. The summed E-state index contributed by atoms with van der Waals surface area (Å²) in [6.07, 6.45) is 2.80. The maximum atomic E-state index is 9.60. The molecule has 0 saturated carbocycles. The first-order valence-corrected chi connectivity index (χ1v) is 5.65. The van der Waals surface area contributed by atoms with E-state index >= 15 is 0 Å². The molecule has 0 aromatic carbocycles. The molecule has 1 heterocycles. The number of ether oxygens (including phenoxy) is 1. The third-order valence-electron chi connectivity index (χ3n) is 2.41. The first kappa shape index (κ1) is 14.4. The first-order chi connectivity index (χ1) is 6.85. The highest BCUT2D eigenvalue weighted by Gasteiger charge is 2.10. The van der Waals surface area contributed by atoms with Crippen LogP contribution in [0.25, 0.3) is 0 Å².